The Morgan fingerprint density at radius 2 is 2.25 bits per heavy atom. The van der Waals surface area contributed by atoms with Gasteiger partial charge in [0.05, 0.1) is 6.26 Å². The van der Waals surface area contributed by atoms with Crippen molar-refractivity contribution in [2.75, 3.05) is 0 Å². The number of rotatable bonds is 1. The van der Waals surface area contributed by atoms with E-state index in [9.17, 15) is 0 Å². The summed E-state index contributed by atoms with van der Waals surface area (Å²) in [7, 11) is 0. The van der Waals surface area contributed by atoms with Crippen LogP contribution in [0, 0.1) is 6.92 Å². The summed E-state index contributed by atoms with van der Waals surface area (Å²) in [6, 6.07) is 1.84. The average molecular weight is 229 g/mol. The van der Waals surface area contributed by atoms with E-state index in [4.69, 9.17) is 8.83 Å². The summed E-state index contributed by atoms with van der Waals surface area (Å²) in [5.41, 5.74) is 0.978. The number of hydrogen-bond acceptors (Lipinski definition) is 4. The molecule has 0 spiro atoms. The standard InChI is InChI=1S/C7H5BrN2O2/c1-4-2-3-11-5(4)6-9-10-7(8)12-6/h2-3H,1H3. The zero-order chi connectivity index (χ0) is 8.55. The lowest BCUT2D eigenvalue weighted by Crippen LogP contribution is -1.76. The quantitative estimate of drug-likeness (QED) is 0.753. The van der Waals surface area contributed by atoms with E-state index in [1.807, 2.05) is 13.0 Å². The van der Waals surface area contributed by atoms with E-state index in [0.717, 1.165) is 5.56 Å². The van der Waals surface area contributed by atoms with Gasteiger partial charge in [0.25, 0.3) is 10.7 Å². The first-order valence-electron chi connectivity index (χ1n) is 3.31. The van der Waals surface area contributed by atoms with E-state index in [1.165, 1.54) is 0 Å². The maximum absolute atomic E-state index is 5.15. The molecule has 12 heavy (non-hydrogen) atoms. The molecular weight excluding hydrogens is 224 g/mol. The number of halogens is 1. The Labute approximate surface area is 76.7 Å². The molecule has 0 saturated carbocycles. The molecule has 0 bridgehead atoms. The van der Waals surface area contributed by atoms with Crippen LogP contribution >= 0.6 is 15.9 Å². The van der Waals surface area contributed by atoms with Crippen LogP contribution in [0.1, 0.15) is 5.56 Å². The smallest absolute Gasteiger partial charge is 0.285 e. The van der Waals surface area contributed by atoms with Gasteiger partial charge in [-0.05, 0) is 13.0 Å². The molecule has 0 amide bonds. The largest absolute Gasteiger partial charge is 0.459 e. The van der Waals surface area contributed by atoms with Gasteiger partial charge in [0.15, 0.2) is 5.76 Å². The third-order valence-electron chi connectivity index (χ3n) is 1.46. The van der Waals surface area contributed by atoms with Gasteiger partial charge in [-0.15, -0.1) is 10.2 Å². The molecule has 4 nitrogen and oxygen atoms in total. The van der Waals surface area contributed by atoms with E-state index >= 15 is 0 Å². The van der Waals surface area contributed by atoms with Gasteiger partial charge < -0.3 is 8.83 Å². The summed E-state index contributed by atoms with van der Waals surface area (Å²) in [6.07, 6.45) is 1.59. The van der Waals surface area contributed by atoms with E-state index in [1.54, 1.807) is 6.26 Å². The number of aryl methyl sites for hydroxylation is 1. The van der Waals surface area contributed by atoms with E-state index < -0.39 is 0 Å². The van der Waals surface area contributed by atoms with Crippen LogP contribution in [-0.2, 0) is 0 Å². The van der Waals surface area contributed by atoms with Crippen molar-refractivity contribution in [2.24, 2.45) is 0 Å². The topological polar surface area (TPSA) is 52.1 Å². The molecule has 62 valence electrons. The lowest BCUT2D eigenvalue weighted by molar-refractivity contribution is 0.500. The number of furan rings is 1. The molecule has 5 heteroatoms. The van der Waals surface area contributed by atoms with Crippen LogP contribution in [0.3, 0.4) is 0 Å². The molecule has 0 aliphatic carbocycles. The minimum absolute atomic E-state index is 0.355. The van der Waals surface area contributed by atoms with Gasteiger partial charge in [-0.3, -0.25) is 0 Å². The van der Waals surface area contributed by atoms with Crippen molar-refractivity contribution in [3.63, 3.8) is 0 Å². The third-order valence-corrected chi connectivity index (χ3v) is 1.78. The fourth-order valence-corrected chi connectivity index (χ4v) is 1.12. The Hall–Kier alpha value is -1.10. The molecule has 0 unspecified atom stereocenters. The van der Waals surface area contributed by atoms with Crippen LogP contribution in [0.5, 0.6) is 0 Å². The summed E-state index contributed by atoms with van der Waals surface area (Å²) in [5.74, 6) is 1.01. The van der Waals surface area contributed by atoms with Crippen molar-refractivity contribution in [2.45, 2.75) is 6.92 Å². The maximum atomic E-state index is 5.15. The van der Waals surface area contributed by atoms with E-state index in [0.29, 0.717) is 16.5 Å². The minimum atomic E-state index is 0.355. The van der Waals surface area contributed by atoms with E-state index in [-0.39, 0.29) is 0 Å². The second-order valence-electron chi connectivity index (χ2n) is 2.29. The molecule has 0 saturated heterocycles. The lowest BCUT2D eigenvalue weighted by atomic mass is 10.3. The lowest BCUT2D eigenvalue weighted by Gasteiger charge is -1.87. The van der Waals surface area contributed by atoms with Crippen LogP contribution < -0.4 is 0 Å². The van der Waals surface area contributed by atoms with Gasteiger partial charge in [-0.25, -0.2) is 0 Å². The maximum Gasteiger partial charge on any atom is 0.285 e. The van der Waals surface area contributed by atoms with Gasteiger partial charge in [0.2, 0.25) is 0 Å². The Balaban J connectivity index is 2.50. The molecule has 2 rings (SSSR count). The molecule has 0 fully saturated rings. The van der Waals surface area contributed by atoms with Crippen LogP contribution in [0.4, 0.5) is 0 Å². The SMILES string of the molecule is Cc1ccoc1-c1nnc(Br)o1. The summed E-state index contributed by atoms with van der Waals surface area (Å²) >= 11 is 3.06. The molecule has 0 N–H and O–H groups in total. The first-order valence-corrected chi connectivity index (χ1v) is 4.10. The van der Waals surface area contributed by atoms with Gasteiger partial charge in [0, 0.05) is 21.5 Å². The zero-order valence-electron chi connectivity index (χ0n) is 6.24. The minimum Gasteiger partial charge on any atom is -0.459 e. The second-order valence-corrected chi connectivity index (χ2v) is 2.97. The second kappa shape index (κ2) is 2.75. The molecule has 0 aliphatic heterocycles. The monoisotopic (exact) mass is 228 g/mol. The number of nitrogens with zero attached hydrogens (tertiary/aromatic N) is 2. The van der Waals surface area contributed by atoms with Gasteiger partial charge in [-0.2, -0.15) is 0 Å². The Morgan fingerprint density at radius 1 is 1.42 bits per heavy atom. The molecule has 0 atom stereocenters. The molecule has 2 aromatic heterocycles. The Kier molecular flexibility index (Phi) is 1.73. The first kappa shape index (κ1) is 7.54. The highest BCUT2D eigenvalue weighted by molar-refractivity contribution is 9.10. The third kappa shape index (κ3) is 1.16. The number of aromatic nitrogens is 2. The highest BCUT2D eigenvalue weighted by Crippen LogP contribution is 2.23. The summed E-state index contributed by atoms with van der Waals surface area (Å²) < 4.78 is 10.3. The van der Waals surface area contributed by atoms with Crippen molar-refractivity contribution < 1.29 is 8.83 Å². The summed E-state index contributed by atoms with van der Waals surface area (Å²) in [6.45, 7) is 1.91. The van der Waals surface area contributed by atoms with Crippen molar-refractivity contribution >= 4 is 15.9 Å². The van der Waals surface area contributed by atoms with Crippen LogP contribution in [0.25, 0.3) is 11.7 Å². The van der Waals surface area contributed by atoms with Crippen molar-refractivity contribution in [1.82, 2.24) is 10.2 Å². The van der Waals surface area contributed by atoms with Crippen molar-refractivity contribution in [3.05, 3.63) is 22.7 Å². The van der Waals surface area contributed by atoms with E-state index in [2.05, 4.69) is 26.1 Å². The molecule has 0 radical (unpaired) electrons. The first-order chi connectivity index (χ1) is 5.77. The fourth-order valence-electron chi connectivity index (χ4n) is 0.889. The van der Waals surface area contributed by atoms with Crippen molar-refractivity contribution in [3.8, 4) is 11.7 Å². The predicted molar refractivity (Wildman–Crippen MR) is 44.4 cm³/mol. The Morgan fingerprint density at radius 3 is 2.75 bits per heavy atom. The normalized spacial score (nSPS) is 10.5. The molecule has 2 aromatic rings. The fraction of sp³-hybridized carbons (Fsp3) is 0.143. The van der Waals surface area contributed by atoms with Crippen LogP contribution in [-0.4, -0.2) is 10.2 Å². The van der Waals surface area contributed by atoms with Gasteiger partial charge in [0.1, 0.15) is 0 Å². The average Bonchev–Trinajstić information content (AvgIpc) is 2.58. The van der Waals surface area contributed by atoms with Gasteiger partial charge >= 0.3 is 0 Å². The predicted octanol–water partition coefficient (Wildman–Crippen LogP) is 2.40. The van der Waals surface area contributed by atoms with Gasteiger partial charge in [-0.1, -0.05) is 0 Å². The highest BCUT2D eigenvalue weighted by atomic mass is 79.9. The van der Waals surface area contributed by atoms with Crippen molar-refractivity contribution in [1.29, 1.82) is 0 Å². The van der Waals surface area contributed by atoms with Crippen LogP contribution in [0.2, 0.25) is 0 Å². The Bertz CT molecular complexity index is 394. The zero-order valence-corrected chi connectivity index (χ0v) is 7.83. The highest BCUT2D eigenvalue weighted by Gasteiger charge is 2.11. The molecule has 0 aliphatic rings. The molecule has 0 aromatic carbocycles. The number of hydrogen-bond donors (Lipinski definition) is 0. The summed E-state index contributed by atoms with van der Waals surface area (Å²) in [5, 5.41) is 7.42. The van der Waals surface area contributed by atoms with Crippen LogP contribution in [0.15, 0.2) is 26.0 Å². The summed E-state index contributed by atoms with van der Waals surface area (Å²) in [4.78, 5) is 0.355. The molecular formula is C7H5BrN2O2. The molecule has 2 heterocycles.